The Bertz CT molecular complexity index is 751. The summed E-state index contributed by atoms with van der Waals surface area (Å²) < 4.78 is 7.74. The van der Waals surface area contributed by atoms with Gasteiger partial charge in [-0.15, -0.1) is 0 Å². The van der Waals surface area contributed by atoms with Crippen molar-refractivity contribution in [3.8, 4) is 11.9 Å². The van der Waals surface area contributed by atoms with E-state index in [2.05, 4.69) is 0 Å². The van der Waals surface area contributed by atoms with Gasteiger partial charge in [-0.1, -0.05) is 18.2 Å². The summed E-state index contributed by atoms with van der Waals surface area (Å²) in [4.78, 5) is 11.3. The maximum atomic E-state index is 11.3. The van der Waals surface area contributed by atoms with Crippen molar-refractivity contribution in [2.45, 2.75) is 20.4 Å². The molecule has 1 amide bonds. The summed E-state index contributed by atoms with van der Waals surface area (Å²) in [6.45, 7) is 5.13. The number of aromatic nitrogens is 1. The Morgan fingerprint density at radius 3 is 2.71 bits per heavy atom. The Kier molecular flexibility index (Phi) is 4.29. The molecule has 0 radical (unpaired) electrons. The molecule has 0 aliphatic rings. The highest BCUT2D eigenvalue weighted by Gasteiger charge is 2.17. The highest BCUT2D eigenvalue weighted by Crippen LogP contribution is 2.34. The first-order valence-electron chi connectivity index (χ1n) is 6.79. The molecule has 21 heavy (non-hydrogen) atoms. The standard InChI is InChI=1S/C16H17N3O2/c1-3-19-14-8-6-5-7-12(14)13(16(19)21-4-2)9-11(10-17)15(18)20/h5-9H,3-4H2,1-2H3,(H2,18,20). The van der Waals surface area contributed by atoms with Crippen molar-refractivity contribution < 1.29 is 9.53 Å². The van der Waals surface area contributed by atoms with Crippen LogP contribution in [0.4, 0.5) is 0 Å². The maximum Gasteiger partial charge on any atom is 0.259 e. The number of rotatable bonds is 5. The number of nitrogens with two attached hydrogens (primary N) is 1. The van der Waals surface area contributed by atoms with Crippen LogP contribution in [0, 0.1) is 11.3 Å². The van der Waals surface area contributed by atoms with Crippen LogP contribution in [0.1, 0.15) is 19.4 Å². The van der Waals surface area contributed by atoms with E-state index in [4.69, 9.17) is 15.7 Å². The Labute approximate surface area is 123 Å². The molecule has 5 nitrogen and oxygen atoms in total. The lowest BCUT2D eigenvalue weighted by Crippen LogP contribution is -2.12. The molecule has 0 unspecified atom stereocenters. The zero-order chi connectivity index (χ0) is 15.4. The number of carbonyl (C=O) groups excluding carboxylic acids is 1. The minimum absolute atomic E-state index is 0.0880. The van der Waals surface area contributed by atoms with Crippen molar-refractivity contribution in [1.82, 2.24) is 4.57 Å². The molecule has 0 aliphatic carbocycles. The van der Waals surface area contributed by atoms with E-state index in [1.54, 1.807) is 0 Å². The van der Waals surface area contributed by atoms with Gasteiger partial charge in [0.25, 0.3) is 5.91 Å². The second kappa shape index (κ2) is 6.14. The second-order valence-electron chi connectivity index (χ2n) is 4.45. The lowest BCUT2D eigenvalue weighted by Gasteiger charge is -2.09. The first kappa shape index (κ1) is 14.7. The molecule has 0 atom stereocenters. The van der Waals surface area contributed by atoms with E-state index in [-0.39, 0.29) is 5.57 Å². The van der Waals surface area contributed by atoms with Crippen LogP contribution in [0.2, 0.25) is 0 Å². The predicted molar refractivity (Wildman–Crippen MR) is 81.6 cm³/mol. The molecule has 108 valence electrons. The number of ether oxygens (including phenoxy) is 1. The van der Waals surface area contributed by atoms with Gasteiger partial charge in [0.2, 0.25) is 5.88 Å². The van der Waals surface area contributed by atoms with Crippen molar-refractivity contribution in [2.75, 3.05) is 6.61 Å². The molecule has 2 aromatic rings. The molecule has 0 bridgehead atoms. The Balaban J connectivity index is 2.80. The van der Waals surface area contributed by atoms with E-state index in [0.29, 0.717) is 18.1 Å². The average molecular weight is 283 g/mol. The third-order valence-electron chi connectivity index (χ3n) is 3.23. The van der Waals surface area contributed by atoms with Crippen LogP contribution in [-0.2, 0) is 11.3 Å². The van der Waals surface area contributed by atoms with Crippen LogP contribution >= 0.6 is 0 Å². The zero-order valence-corrected chi connectivity index (χ0v) is 12.1. The number of hydrogen-bond donors (Lipinski definition) is 1. The van der Waals surface area contributed by atoms with Crippen molar-refractivity contribution in [3.05, 3.63) is 35.4 Å². The van der Waals surface area contributed by atoms with Gasteiger partial charge in [-0.25, -0.2) is 0 Å². The minimum Gasteiger partial charge on any atom is -0.479 e. The van der Waals surface area contributed by atoms with Crippen LogP contribution in [-0.4, -0.2) is 17.1 Å². The summed E-state index contributed by atoms with van der Waals surface area (Å²) in [7, 11) is 0. The molecule has 2 N–H and O–H groups in total. The van der Waals surface area contributed by atoms with Crippen molar-refractivity contribution in [2.24, 2.45) is 5.73 Å². The van der Waals surface area contributed by atoms with Crippen LogP contribution < -0.4 is 10.5 Å². The molecule has 0 saturated heterocycles. The topological polar surface area (TPSA) is 81.0 Å². The smallest absolute Gasteiger partial charge is 0.259 e. The lowest BCUT2D eigenvalue weighted by atomic mass is 10.1. The van der Waals surface area contributed by atoms with Gasteiger partial charge in [-0.2, -0.15) is 5.26 Å². The van der Waals surface area contributed by atoms with Crippen molar-refractivity contribution >= 4 is 22.9 Å². The molecular formula is C16H17N3O2. The minimum atomic E-state index is -0.742. The summed E-state index contributed by atoms with van der Waals surface area (Å²) in [5, 5.41) is 9.98. The third kappa shape index (κ3) is 2.61. The molecule has 0 fully saturated rings. The predicted octanol–water partition coefficient (Wildman–Crippen LogP) is 2.45. The number of aryl methyl sites for hydroxylation is 1. The van der Waals surface area contributed by atoms with E-state index in [0.717, 1.165) is 17.4 Å². The summed E-state index contributed by atoms with van der Waals surface area (Å²) in [5.74, 6) is -0.0940. The van der Waals surface area contributed by atoms with Crippen LogP contribution in [0.15, 0.2) is 29.8 Å². The SMILES string of the molecule is CCOc1c(C=C(C#N)C(N)=O)c2ccccc2n1CC. The quantitative estimate of drug-likeness (QED) is 0.676. The summed E-state index contributed by atoms with van der Waals surface area (Å²) in [6.07, 6.45) is 1.50. The van der Waals surface area contributed by atoms with E-state index in [1.165, 1.54) is 6.08 Å². The fourth-order valence-electron chi connectivity index (χ4n) is 2.36. The third-order valence-corrected chi connectivity index (χ3v) is 3.23. The van der Waals surface area contributed by atoms with Gasteiger partial charge >= 0.3 is 0 Å². The number of para-hydroxylation sites is 1. The lowest BCUT2D eigenvalue weighted by molar-refractivity contribution is -0.114. The molecule has 1 aromatic heterocycles. The number of hydrogen-bond acceptors (Lipinski definition) is 3. The Hall–Kier alpha value is -2.74. The highest BCUT2D eigenvalue weighted by atomic mass is 16.5. The first-order chi connectivity index (χ1) is 10.1. The average Bonchev–Trinajstić information content (AvgIpc) is 2.77. The van der Waals surface area contributed by atoms with Crippen LogP contribution in [0.3, 0.4) is 0 Å². The van der Waals surface area contributed by atoms with E-state index >= 15 is 0 Å². The second-order valence-corrected chi connectivity index (χ2v) is 4.45. The number of amides is 1. The molecule has 1 aromatic carbocycles. The van der Waals surface area contributed by atoms with Gasteiger partial charge in [-0.3, -0.25) is 4.79 Å². The van der Waals surface area contributed by atoms with Crippen molar-refractivity contribution in [3.63, 3.8) is 0 Å². The monoisotopic (exact) mass is 283 g/mol. The number of primary amides is 1. The highest BCUT2D eigenvalue weighted by molar-refractivity contribution is 6.04. The summed E-state index contributed by atoms with van der Waals surface area (Å²) in [6, 6.07) is 9.60. The van der Waals surface area contributed by atoms with E-state index < -0.39 is 5.91 Å². The Morgan fingerprint density at radius 2 is 2.14 bits per heavy atom. The van der Waals surface area contributed by atoms with Crippen LogP contribution in [0.25, 0.3) is 17.0 Å². The molecule has 0 spiro atoms. The largest absolute Gasteiger partial charge is 0.479 e. The van der Waals surface area contributed by atoms with E-state index in [1.807, 2.05) is 48.7 Å². The van der Waals surface area contributed by atoms with E-state index in [9.17, 15) is 4.79 Å². The maximum absolute atomic E-state index is 11.3. The van der Waals surface area contributed by atoms with Gasteiger partial charge in [0.1, 0.15) is 11.6 Å². The van der Waals surface area contributed by atoms with Crippen LogP contribution in [0.5, 0.6) is 5.88 Å². The number of benzene rings is 1. The number of nitrogens with zero attached hydrogens (tertiary/aromatic N) is 2. The number of fused-ring (bicyclic) bond motifs is 1. The fourth-order valence-corrected chi connectivity index (χ4v) is 2.36. The molecule has 0 aliphatic heterocycles. The number of carbonyl (C=O) groups is 1. The van der Waals surface area contributed by atoms with Crippen molar-refractivity contribution in [1.29, 1.82) is 5.26 Å². The molecule has 5 heteroatoms. The summed E-state index contributed by atoms with van der Waals surface area (Å²) >= 11 is 0. The zero-order valence-electron chi connectivity index (χ0n) is 12.1. The fraction of sp³-hybridized carbons (Fsp3) is 0.250. The Morgan fingerprint density at radius 1 is 1.43 bits per heavy atom. The number of nitriles is 1. The van der Waals surface area contributed by atoms with Gasteiger partial charge in [-0.05, 0) is 26.0 Å². The molecule has 1 heterocycles. The van der Waals surface area contributed by atoms with Gasteiger partial charge < -0.3 is 15.0 Å². The van der Waals surface area contributed by atoms with Gasteiger partial charge in [0.05, 0.1) is 12.1 Å². The van der Waals surface area contributed by atoms with Gasteiger partial charge in [0.15, 0.2) is 0 Å². The summed E-state index contributed by atoms with van der Waals surface area (Å²) in [5.41, 5.74) is 6.85. The molecular weight excluding hydrogens is 266 g/mol. The normalized spacial score (nSPS) is 11.4. The van der Waals surface area contributed by atoms with Gasteiger partial charge in [0, 0.05) is 17.5 Å². The molecule has 0 saturated carbocycles. The first-order valence-corrected chi connectivity index (χ1v) is 6.79. The molecule has 2 rings (SSSR count).